The van der Waals surface area contributed by atoms with Crippen molar-refractivity contribution in [3.63, 3.8) is 0 Å². The molecular weight excluding hydrogens is 278 g/mol. The SMILES string of the molecule is Cn1c(CN)nc(Br)c1CCC1CCCCC1. The van der Waals surface area contributed by atoms with E-state index >= 15 is 0 Å². The minimum atomic E-state index is 0.512. The van der Waals surface area contributed by atoms with Crippen molar-refractivity contribution in [2.75, 3.05) is 0 Å². The molecule has 4 heteroatoms. The van der Waals surface area contributed by atoms with E-state index in [1.165, 1.54) is 44.2 Å². The number of nitrogens with two attached hydrogens (primary N) is 1. The molecule has 1 aliphatic rings. The summed E-state index contributed by atoms with van der Waals surface area (Å²) < 4.78 is 3.13. The normalized spacial score (nSPS) is 17.6. The fraction of sp³-hybridized carbons (Fsp3) is 0.769. The van der Waals surface area contributed by atoms with Crippen molar-refractivity contribution < 1.29 is 0 Å². The molecule has 96 valence electrons. The third-order valence-corrected chi connectivity index (χ3v) is 4.59. The van der Waals surface area contributed by atoms with E-state index < -0.39 is 0 Å². The van der Waals surface area contributed by atoms with E-state index in [-0.39, 0.29) is 0 Å². The quantitative estimate of drug-likeness (QED) is 0.928. The molecule has 0 bridgehead atoms. The molecule has 0 aromatic carbocycles. The van der Waals surface area contributed by atoms with Gasteiger partial charge in [-0.15, -0.1) is 0 Å². The number of hydrogen-bond acceptors (Lipinski definition) is 2. The van der Waals surface area contributed by atoms with Gasteiger partial charge in [0.15, 0.2) is 0 Å². The first-order chi connectivity index (χ1) is 8.22. The maximum Gasteiger partial charge on any atom is 0.127 e. The van der Waals surface area contributed by atoms with E-state index in [0.717, 1.165) is 22.8 Å². The molecule has 1 aromatic rings. The summed E-state index contributed by atoms with van der Waals surface area (Å²) in [6.45, 7) is 0.512. The summed E-state index contributed by atoms with van der Waals surface area (Å²) in [7, 11) is 2.07. The van der Waals surface area contributed by atoms with E-state index in [0.29, 0.717) is 6.54 Å². The molecule has 1 aromatic heterocycles. The van der Waals surface area contributed by atoms with E-state index in [2.05, 4.69) is 32.5 Å². The van der Waals surface area contributed by atoms with Crippen molar-refractivity contribution in [1.82, 2.24) is 9.55 Å². The second-order valence-corrected chi connectivity index (χ2v) is 5.82. The number of hydrogen-bond donors (Lipinski definition) is 1. The molecule has 0 saturated heterocycles. The van der Waals surface area contributed by atoms with Crippen molar-refractivity contribution in [2.45, 2.75) is 51.5 Å². The maximum absolute atomic E-state index is 5.67. The molecule has 1 heterocycles. The molecule has 0 atom stereocenters. The van der Waals surface area contributed by atoms with Gasteiger partial charge in [-0.05, 0) is 34.7 Å². The highest BCUT2D eigenvalue weighted by molar-refractivity contribution is 9.10. The average molecular weight is 300 g/mol. The van der Waals surface area contributed by atoms with E-state index in [1.807, 2.05) is 0 Å². The van der Waals surface area contributed by atoms with Crippen molar-refractivity contribution in [1.29, 1.82) is 0 Å². The molecule has 0 unspecified atom stereocenters. The van der Waals surface area contributed by atoms with Crippen LogP contribution >= 0.6 is 15.9 Å². The Kier molecular flexibility index (Phi) is 4.62. The lowest BCUT2D eigenvalue weighted by atomic mass is 9.86. The van der Waals surface area contributed by atoms with Gasteiger partial charge in [0.1, 0.15) is 10.4 Å². The first-order valence-corrected chi connectivity index (χ1v) is 7.41. The molecule has 1 saturated carbocycles. The minimum Gasteiger partial charge on any atom is -0.333 e. The Morgan fingerprint density at radius 2 is 2.06 bits per heavy atom. The van der Waals surface area contributed by atoms with Gasteiger partial charge in [-0.25, -0.2) is 4.98 Å². The predicted octanol–water partition coefficient (Wildman–Crippen LogP) is 3.15. The Hall–Kier alpha value is -0.350. The molecule has 1 aliphatic carbocycles. The van der Waals surface area contributed by atoms with Crippen LogP contribution in [0.4, 0.5) is 0 Å². The topological polar surface area (TPSA) is 43.8 Å². The third kappa shape index (κ3) is 3.10. The highest BCUT2D eigenvalue weighted by atomic mass is 79.9. The molecule has 17 heavy (non-hydrogen) atoms. The predicted molar refractivity (Wildman–Crippen MR) is 73.7 cm³/mol. The van der Waals surface area contributed by atoms with Gasteiger partial charge in [0, 0.05) is 7.05 Å². The number of rotatable bonds is 4. The summed E-state index contributed by atoms with van der Waals surface area (Å²) >= 11 is 3.55. The van der Waals surface area contributed by atoms with Gasteiger partial charge in [-0.1, -0.05) is 32.1 Å². The fourth-order valence-electron chi connectivity index (χ4n) is 2.82. The number of aromatic nitrogens is 2. The van der Waals surface area contributed by atoms with Crippen LogP contribution in [0.15, 0.2) is 4.60 Å². The summed E-state index contributed by atoms with van der Waals surface area (Å²) in [5.41, 5.74) is 6.97. The van der Waals surface area contributed by atoms with Crippen LogP contribution in [0, 0.1) is 5.92 Å². The van der Waals surface area contributed by atoms with Gasteiger partial charge >= 0.3 is 0 Å². The summed E-state index contributed by atoms with van der Waals surface area (Å²) in [5.74, 6) is 1.89. The van der Waals surface area contributed by atoms with Crippen LogP contribution in [0.25, 0.3) is 0 Å². The van der Waals surface area contributed by atoms with Crippen molar-refractivity contribution in [3.05, 3.63) is 16.1 Å². The fourth-order valence-corrected chi connectivity index (χ4v) is 3.49. The number of imidazole rings is 1. The Bertz CT molecular complexity index is 367. The highest BCUT2D eigenvalue weighted by Gasteiger charge is 2.16. The molecular formula is C13H22BrN3. The molecule has 0 amide bonds. The van der Waals surface area contributed by atoms with Crippen LogP contribution in [-0.2, 0) is 20.0 Å². The zero-order valence-corrected chi connectivity index (χ0v) is 12.2. The second kappa shape index (κ2) is 6.01. The lowest BCUT2D eigenvalue weighted by Crippen LogP contribution is -2.10. The number of halogens is 1. The van der Waals surface area contributed by atoms with E-state index in [1.54, 1.807) is 0 Å². The number of nitrogens with zero attached hydrogens (tertiary/aromatic N) is 2. The Morgan fingerprint density at radius 1 is 1.35 bits per heavy atom. The first-order valence-electron chi connectivity index (χ1n) is 6.62. The van der Waals surface area contributed by atoms with Crippen LogP contribution in [0.5, 0.6) is 0 Å². The van der Waals surface area contributed by atoms with Gasteiger partial charge in [-0.3, -0.25) is 0 Å². The smallest absolute Gasteiger partial charge is 0.127 e. The zero-order valence-electron chi connectivity index (χ0n) is 10.6. The van der Waals surface area contributed by atoms with Crippen LogP contribution in [0.1, 0.15) is 50.0 Å². The summed E-state index contributed by atoms with van der Waals surface area (Å²) in [6.07, 6.45) is 9.52. The zero-order chi connectivity index (χ0) is 12.3. The molecule has 0 radical (unpaired) electrons. The van der Waals surface area contributed by atoms with Crippen LogP contribution < -0.4 is 5.73 Å². The van der Waals surface area contributed by atoms with Crippen LogP contribution in [0.2, 0.25) is 0 Å². The molecule has 2 rings (SSSR count). The second-order valence-electron chi connectivity index (χ2n) is 5.07. The summed E-state index contributed by atoms with van der Waals surface area (Å²) in [4.78, 5) is 4.45. The standard InChI is InChI=1S/C13H22BrN3/c1-17-11(13(14)16-12(17)9-15)8-7-10-5-3-2-4-6-10/h10H,2-9,15H2,1H3. The lowest BCUT2D eigenvalue weighted by Gasteiger charge is -2.21. The monoisotopic (exact) mass is 299 g/mol. The molecule has 1 fully saturated rings. The Labute approximate surface area is 112 Å². The summed E-state index contributed by atoms with van der Waals surface area (Å²) in [5, 5.41) is 0. The van der Waals surface area contributed by atoms with Crippen LogP contribution in [-0.4, -0.2) is 9.55 Å². The maximum atomic E-state index is 5.67. The lowest BCUT2D eigenvalue weighted by molar-refractivity contribution is 0.337. The van der Waals surface area contributed by atoms with Crippen molar-refractivity contribution in [3.8, 4) is 0 Å². The highest BCUT2D eigenvalue weighted by Crippen LogP contribution is 2.28. The minimum absolute atomic E-state index is 0.512. The third-order valence-electron chi connectivity index (χ3n) is 3.95. The van der Waals surface area contributed by atoms with E-state index in [4.69, 9.17) is 5.73 Å². The largest absolute Gasteiger partial charge is 0.333 e. The average Bonchev–Trinajstić information content (AvgIpc) is 2.63. The van der Waals surface area contributed by atoms with Gasteiger partial charge < -0.3 is 10.3 Å². The van der Waals surface area contributed by atoms with Gasteiger partial charge in [0.2, 0.25) is 0 Å². The van der Waals surface area contributed by atoms with Crippen molar-refractivity contribution in [2.24, 2.45) is 18.7 Å². The molecule has 3 nitrogen and oxygen atoms in total. The van der Waals surface area contributed by atoms with Gasteiger partial charge in [0.25, 0.3) is 0 Å². The molecule has 2 N–H and O–H groups in total. The Morgan fingerprint density at radius 3 is 2.65 bits per heavy atom. The molecule has 0 aliphatic heterocycles. The molecule has 0 spiro atoms. The first kappa shape index (κ1) is 13.1. The van der Waals surface area contributed by atoms with Gasteiger partial charge in [-0.2, -0.15) is 0 Å². The van der Waals surface area contributed by atoms with Crippen LogP contribution in [0.3, 0.4) is 0 Å². The summed E-state index contributed by atoms with van der Waals surface area (Å²) in [6, 6.07) is 0. The van der Waals surface area contributed by atoms with E-state index in [9.17, 15) is 0 Å². The van der Waals surface area contributed by atoms with Crippen molar-refractivity contribution >= 4 is 15.9 Å². The Balaban J connectivity index is 1.95. The van der Waals surface area contributed by atoms with Gasteiger partial charge in [0.05, 0.1) is 12.2 Å².